The van der Waals surface area contributed by atoms with E-state index in [1.165, 1.54) is 0 Å². The number of benzene rings is 4. The first-order valence-corrected chi connectivity index (χ1v) is 10.7. The van der Waals surface area contributed by atoms with Crippen LogP contribution < -0.4 is 14.2 Å². The third-order valence-electron chi connectivity index (χ3n) is 4.44. The van der Waals surface area contributed by atoms with E-state index in [4.69, 9.17) is 24.4 Å². The van der Waals surface area contributed by atoms with Gasteiger partial charge in [0.05, 0.1) is 13.2 Å². The molecule has 0 spiro atoms. The molecule has 0 bridgehead atoms. The number of rotatable bonds is 9. The Labute approximate surface area is 194 Å². The van der Waals surface area contributed by atoms with Gasteiger partial charge in [0.15, 0.2) is 0 Å². The molecule has 0 aliphatic rings. The van der Waals surface area contributed by atoms with Crippen molar-refractivity contribution in [3.05, 3.63) is 120 Å². The molecule has 5 nitrogen and oxygen atoms in total. The highest BCUT2D eigenvalue weighted by Gasteiger charge is 2.03. The van der Waals surface area contributed by atoms with Gasteiger partial charge in [-0.3, -0.25) is 0 Å². The lowest BCUT2D eigenvalue weighted by atomic mass is 10.2. The van der Waals surface area contributed by atoms with Crippen LogP contribution in [0.3, 0.4) is 0 Å². The molecule has 5 heteroatoms. The van der Waals surface area contributed by atoms with Gasteiger partial charge in [-0.15, -0.1) is 0 Å². The Kier molecular flexibility index (Phi) is 9.81. The van der Waals surface area contributed by atoms with Crippen molar-refractivity contribution in [3.63, 3.8) is 0 Å². The van der Waals surface area contributed by atoms with Crippen LogP contribution in [-0.2, 0) is 13.2 Å². The molecule has 4 aromatic carbocycles. The number of hydrogen-bond donors (Lipinski definition) is 2. The predicted octanol–water partition coefficient (Wildman–Crippen LogP) is 5.61. The van der Waals surface area contributed by atoms with Crippen molar-refractivity contribution in [1.82, 2.24) is 0 Å². The Morgan fingerprint density at radius 3 is 1.24 bits per heavy atom. The van der Waals surface area contributed by atoms with Gasteiger partial charge in [-0.2, -0.15) is 0 Å². The van der Waals surface area contributed by atoms with Gasteiger partial charge < -0.3 is 24.4 Å². The lowest BCUT2D eigenvalue weighted by Gasteiger charge is -2.11. The van der Waals surface area contributed by atoms with Crippen LogP contribution in [0.2, 0.25) is 0 Å². The van der Waals surface area contributed by atoms with Gasteiger partial charge in [0.2, 0.25) is 0 Å². The monoisotopic (exact) mass is 444 g/mol. The Hall–Kier alpha value is -3.80. The van der Waals surface area contributed by atoms with E-state index in [-0.39, 0.29) is 13.2 Å². The van der Waals surface area contributed by atoms with Crippen molar-refractivity contribution < 1.29 is 24.4 Å². The van der Waals surface area contributed by atoms with Crippen LogP contribution in [-0.4, -0.2) is 23.4 Å². The Balaban J connectivity index is 0.000000709. The summed E-state index contributed by atoms with van der Waals surface area (Å²) in [6.45, 7) is 0.792. The zero-order valence-electron chi connectivity index (χ0n) is 18.3. The molecule has 170 valence electrons. The minimum absolute atomic E-state index is 0.125. The van der Waals surface area contributed by atoms with Crippen LogP contribution >= 0.6 is 0 Å². The fourth-order valence-electron chi connectivity index (χ4n) is 2.87. The molecule has 0 saturated heterocycles. The van der Waals surface area contributed by atoms with E-state index < -0.39 is 0 Å². The average Bonchev–Trinajstić information content (AvgIpc) is 2.88. The second-order valence-corrected chi connectivity index (χ2v) is 7.05. The molecule has 0 amide bonds. The third kappa shape index (κ3) is 8.69. The number of aliphatic hydroxyl groups is 2. The highest BCUT2D eigenvalue weighted by atomic mass is 16.5. The normalized spacial score (nSPS) is 10.0. The first-order chi connectivity index (χ1) is 16.3. The number of aliphatic hydroxyl groups excluding tert-OH is 2. The van der Waals surface area contributed by atoms with Crippen LogP contribution in [0.25, 0.3) is 0 Å². The quantitative estimate of drug-likeness (QED) is 0.351. The maximum Gasteiger partial charge on any atom is 0.131 e. The van der Waals surface area contributed by atoms with Gasteiger partial charge in [0.1, 0.15) is 36.2 Å². The number of hydrogen-bond acceptors (Lipinski definition) is 5. The molecule has 0 aliphatic carbocycles. The smallest absolute Gasteiger partial charge is 0.131 e. The largest absolute Gasteiger partial charge is 0.489 e. The van der Waals surface area contributed by atoms with E-state index >= 15 is 0 Å². The summed E-state index contributed by atoms with van der Waals surface area (Å²) in [6.07, 6.45) is 0. The van der Waals surface area contributed by atoms with Crippen molar-refractivity contribution in [3.8, 4) is 23.0 Å². The Bertz CT molecular complexity index is 981. The molecule has 0 saturated carbocycles. The second-order valence-electron chi connectivity index (χ2n) is 7.05. The van der Waals surface area contributed by atoms with Crippen molar-refractivity contribution in [1.29, 1.82) is 0 Å². The summed E-state index contributed by atoms with van der Waals surface area (Å²) in [6, 6.07) is 35.5. The van der Waals surface area contributed by atoms with Crippen molar-refractivity contribution in [2.24, 2.45) is 0 Å². The van der Waals surface area contributed by atoms with Gasteiger partial charge in [0, 0.05) is 12.1 Å². The lowest BCUT2D eigenvalue weighted by molar-refractivity contribution is 0.186. The topological polar surface area (TPSA) is 68.2 Å². The predicted molar refractivity (Wildman–Crippen MR) is 129 cm³/mol. The molecule has 0 aliphatic heterocycles. The van der Waals surface area contributed by atoms with E-state index in [0.29, 0.717) is 13.2 Å². The van der Waals surface area contributed by atoms with Crippen LogP contribution in [0, 0.1) is 0 Å². The van der Waals surface area contributed by atoms with E-state index in [1.54, 1.807) is 0 Å². The van der Waals surface area contributed by atoms with Gasteiger partial charge in [-0.1, -0.05) is 72.8 Å². The molecule has 4 aromatic rings. The molecule has 0 unspecified atom stereocenters. The van der Waals surface area contributed by atoms with Gasteiger partial charge in [-0.05, 0) is 35.4 Å². The molecule has 33 heavy (non-hydrogen) atoms. The summed E-state index contributed by atoms with van der Waals surface area (Å²) in [5, 5.41) is 15.2. The highest BCUT2D eigenvalue weighted by molar-refractivity contribution is 5.39. The molecule has 4 rings (SSSR count). The highest BCUT2D eigenvalue weighted by Crippen LogP contribution is 2.28. The summed E-state index contributed by atoms with van der Waals surface area (Å²) < 4.78 is 17.8. The maximum atomic E-state index is 7.62. The van der Waals surface area contributed by atoms with Crippen LogP contribution in [0.4, 0.5) is 0 Å². The van der Waals surface area contributed by atoms with E-state index in [9.17, 15) is 0 Å². The zero-order chi connectivity index (χ0) is 23.1. The summed E-state index contributed by atoms with van der Waals surface area (Å²) in [5.41, 5.74) is 2.25. The zero-order valence-corrected chi connectivity index (χ0v) is 18.3. The number of ether oxygens (including phenoxy) is 3. The molecule has 2 N–H and O–H groups in total. The summed E-state index contributed by atoms with van der Waals surface area (Å²) in [7, 11) is 0. The molecular formula is C28H28O5. The minimum atomic E-state index is -0.125. The lowest BCUT2D eigenvalue weighted by Crippen LogP contribution is -1.96. The minimum Gasteiger partial charge on any atom is -0.489 e. The first kappa shape index (κ1) is 23.9. The molecular weight excluding hydrogens is 416 g/mol. The summed E-state index contributed by atoms with van der Waals surface area (Å²) >= 11 is 0. The fraction of sp³-hybridized carbons (Fsp3) is 0.143. The summed E-state index contributed by atoms with van der Waals surface area (Å²) in [4.78, 5) is 0. The molecule has 0 heterocycles. The standard InChI is InChI=1S/C26H22O3.C2H6O2/c1-3-9-21(10-4-1)19-27-23-13-7-15-25(17-23)29-26-16-8-14-24(18-26)28-20-22-11-5-2-6-12-22;3-1-2-4/h1-18H,19-20H2;3-4H,1-2H2. The van der Waals surface area contributed by atoms with E-state index in [2.05, 4.69) is 0 Å². The van der Waals surface area contributed by atoms with Gasteiger partial charge >= 0.3 is 0 Å². The Morgan fingerprint density at radius 1 is 0.455 bits per heavy atom. The van der Waals surface area contributed by atoms with Gasteiger partial charge in [0.25, 0.3) is 0 Å². The van der Waals surface area contributed by atoms with Crippen LogP contribution in [0.5, 0.6) is 23.0 Å². The maximum absolute atomic E-state index is 7.62. The van der Waals surface area contributed by atoms with Crippen molar-refractivity contribution in [2.45, 2.75) is 13.2 Å². The first-order valence-electron chi connectivity index (χ1n) is 10.7. The van der Waals surface area contributed by atoms with Gasteiger partial charge in [-0.25, -0.2) is 0 Å². The van der Waals surface area contributed by atoms with E-state index in [0.717, 1.165) is 34.1 Å². The van der Waals surface area contributed by atoms with Crippen molar-refractivity contribution >= 4 is 0 Å². The van der Waals surface area contributed by atoms with Crippen molar-refractivity contribution in [2.75, 3.05) is 13.2 Å². The molecule has 0 radical (unpaired) electrons. The van der Waals surface area contributed by atoms with Crippen LogP contribution in [0.15, 0.2) is 109 Å². The fourth-order valence-corrected chi connectivity index (χ4v) is 2.87. The molecule has 0 fully saturated rings. The average molecular weight is 445 g/mol. The molecule has 0 aromatic heterocycles. The van der Waals surface area contributed by atoms with E-state index in [1.807, 2.05) is 109 Å². The Morgan fingerprint density at radius 2 is 0.848 bits per heavy atom. The van der Waals surface area contributed by atoms with Crippen LogP contribution in [0.1, 0.15) is 11.1 Å². The third-order valence-corrected chi connectivity index (χ3v) is 4.44. The SMILES string of the molecule is OCCO.c1ccc(COc2cccc(Oc3cccc(OCc4ccccc4)c3)c2)cc1. The summed E-state index contributed by atoms with van der Waals surface area (Å²) in [5.74, 6) is 2.97. The molecule has 0 atom stereocenters. The second kappa shape index (κ2) is 13.6.